The molecule has 0 bridgehead atoms. The fourth-order valence-electron chi connectivity index (χ4n) is 2.83. The van der Waals surface area contributed by atoms with E-state index in [9.17, 15) is 13.2 Å². The van der Waals surface area contributed by atoms with Crippen LogP contribution in [0, 0.1) is 24.4 Å². The number of rotatable bonds is 4. The topological polar surface area (TPSA) is 51.0 Å². The normalized spacial score (nSPS) is 11.1. The summed E-state index contributed by atoms with van der Waals surface area (Å²) >= 11 is 0. The van der Waals surface area contributed by atoms with Crippen LogP contribution in [0.1, 0.15) is 5.56 Å². The van der Waals surface area contributed by atoms with Crippen LogP contribution in [-0.2, 0) is 6.42 Å². The van der Waals surface area contributed by atoms with Crippen molar-refractivity contribution in [3.63, 3.8) is 0 Å². The van der Waals surface area contributed by atoms with Crippen LogP contribution in [0.15, 0.2) is 53.3 Å². The quantitative estimate of drug-likeness (QED) is 0.522. The van der Waals surface area contributed by atoms with Gasteiger partial charge in [-0.1, -0.05) is 0 Å². The number of nitrogens with one attached hydrogen (secondary N) is 1. The van der Waals surface area contributed by atoms with E-state index >= 15 is 0 Å². The number of fused-ring (bicyclic) bond motifs is 1. The first kappa shape index (κ1) is 17.1. The number of anilines is 2. The van der Waals surface area contributed by atoms with Gasteiger partial charge in [-0.25, -0.2) is 23.1 Å². The number of furan rings is 1. The third-order valence-electron chi connectivity index (χ3n) is 4.07. The molecule has 4 aromatic rings. The molecule has 4 nitrogen and oxygen atoms in total. The fraction of sp³-hybridized carbons (Fsp3) is 0.0500. The van der Waals surface area contributed by atoms with Gasteiger partial charge in [0.15, 0.2) is 5.82 Å². The van der Waals surface area contributed by atoms with E-state index in [-0.39, 0.29) is 28.2 Å². The van der Waals surface area contributed by atoms with Crippen molar-refractivity contribution >= 4 is 22.6 Å². The maximum atomic E-state index is 14.4. The summed E-state index contributed by atoms with van der Waals surface area (Å²) in [6.45, 7) is 3.73. The average Bonchev–Trinajstić information content (AvgIpc) is 3.14. The summed E-state index contributed by atoms with van der Waals surface area (Å²) in [4.78, 5) is 8.05. The maximum Gasteiger partial charge on any atom is 0.227 e. The summed E-state index contributed by atoms with van der Waals surface area (Å²) in [6.07, 6.45) is 2.72. The zero-order chi connectivity index (χ0) is 19.0. The van der Waals surface area contributed by atoms with E-state index in [0.717, 1.165) is 6.20 Å². The van der Waals surface area contributed by atoms with Gasteiger partial charge in [0.25, 0.3) is 0 Å². The Labute approximate surface area is 152 Å². The van der Waals surface area contributed by atoms with E-state index in [1.54, 1.807) is 6.07 Å². The first-order valence-electron chi connectivity index (χ1n) is 8.09. The van der Waals surface area contributed by atoms with Crippen molar-refractivity contribution in [3.8, 4) is 11.3 Å². The number of aromatic nitrogens is 2. The third kappa shape index (κ3) is 3.23. The van der Waals surface area contributed by atoms with Gasteiger partial charge in [0.2, 0.25) is 5.95 Å². The van der Waals surface area contributed by atoms with E-state index in [1.165, 1.54) is 36.6 Å². The van der Waals surface area contributed by atoms with Gasteiger partial charge < -0.3 is 9.73 Å². The van der Waals surface area contributed by atoms with Crippen LogP contribution in [0.25, 0.3) is 22.2 Å². The highest BCUT2D eigenvalue weighted by Gasteiger charge is 2.17. The summed E-state index contributed by atoms with van der Waals surface area (Å²) in [6, 6.07) is 8.41. The fourth-order valence-corrected chi connectivity index (χ4v) is 2.83. The number of hydrogen-bond acceptors (Lipinski definition) is 4. The molecule has 7 heteroatoms. The van der Waals surface area contributed by atoms with Crippen molar-refractivity contribution in [3.05, 3.63) is 78.8 Å². The summed E-state index contributed by atoms with van der Waals surface area (Å²) in [5.74, 6) is -1.54. The predicted octanol–water partition coefficient (Wildman–Crippen LogP) is 5.43. The Morgan fingerprint density at radius 3 is 2.70 bits per heavy atom. The van der Waals surface area contributed by atoms with Crippen LogP contribution in [0.2, 0.25) is 0 Å². The highest BCUT2D eigenvalue weighted by Crippen LogP contribution is 2.32. The van der Waals surface area contributed by atoms with Crippen LogP contribution < -0.4 is 5.32 Å². The van der Waals surface area contributed by atoms with Crippen molar-refractivity contribution in [1.82, 2.24) is 9.97 Å². The molecule has 0 aliphatic heterocycles. The van der Waals surface area contributed by atoms with E-state index in [2.05, 4.69) is 22.2 Å². The molecule has 4 rings (SSSR count). The lowest BCUT2D eigenvalue weighted by atomic mass is 10.1. The van der Waals surface area contributed by atoms with Crippen LogP contribution in [0.3, 0.4) is 0 Å². The van der Waals surface area contributed by atoms with E-state index in [0.29, 0.717) is 17.7 Å². The van der Waals surface area contributed by atoms with Crippen LogP contribution in [0.5, 0.6) is 0 Å². The molecule has 1 N–H and O–H groups in total. The summed E-state index contributed by atoms with van der Waals surface area (Å²) < 4.78 is 47.2. The molecule has 0 aliphatic carbocycles. The Hall–Kier alpha value is -3.35. The van der Waals surface area contributed by atoms with Gasteiger partial charge in [-0.2, -0.15) is 0 Å². The Morgan fingerprint density at radius 2 is 1.89 bits per heavy atom. The van der Waals surface area contributed by atoms with Crippen molar-refractivity contribution in [2.45, 2.75) is 6.42 Å². The molecule has 0 unspecified atom stereocenters. The minimum atomic E-state index is -0.692. The van der Waals surface area contributed by atoms with Crippen molar-refractivity contribution < 1.29 is 17.6 Å². The van der Waals surface area contributed by atoms with E-state index < -0.39 is 17.5 Å². The Kier molecular flexibility index (Phi) is 4.27. The lowest BCUT2D eigenvalue weighted by molar-refractivity contribution is 0.605. The third-order valence-corrected chi connectivity index (χ3v) is 4.07. The molecule has 2 aromatic carbocycles. The highest BCUT2D eigenvalue weighted by molar-refractivity contribution is 5.92. The van der Waals surface area contributed by atoms with Crippen molar-refractivity contribution in [1.29, 1.82) is 0 Å². The second kappa shape index (κ2) is 6.75. The second-order valence-corrected chi connectivity index (χ2v) is 5.87. The zero-order valence-electron chi connectivity index (χ0n) is 14.0. The summed E-state index contributed by atoms with van der Waals surface area (Å²) in [5.41, 5.74) is 1.52. The number of hydrogen-bond donors (Lipinski definition) is 1. The molecule has 2 aromatic heterocycles. The molecule has 0 atom stereocenters. The lowest BCUT2D eigenvalue weighted by Crippen LogP contribution is -2.01. The first-order chi connectivity index (χ1) is 13.0. The molecule has 0 saturated carbocycles. The Morgan fingerprint density at radius 1 is 1.04 bits per heavy atom. The Bertz CT molecular complexity index is 1140. The molecule has 27 heavy (non-hydrogen) atoms. The van der Waals surface area contributed by atoms with Crippen molar-refractivity contribution in [2.75, 3.05) is 5.32 Å². The Balaban J connectivity index is 1.77. The minimum absolute atomic E-state index is 0.0544. The van der Waals surface area contributed by atoms with Gasteiger partial charge in [-0.3, -0.25) is 0 Å². The first-order valence-corrected chi connectivity index (χ1v) is 8.09. The highest BCUT2D eigenvalue weighted by atomic mass is 19.1. The molecule has 0 aliphatic rings. The summed E-state index contributed by atoms with van der Waals surface area (Å²) in [5, 5.41) is 3.08. The van der Waals surface area contributed by atoms with Gasteiger partial charge in [-0.15, -0.1) is 0 Å². The monoisotopic (exact) mass is 368 g/mol. The maximum absolute atomic E-state index is 14.4. The van der Waals surface area contributed by atoms with Crippen LogP contribution in [0.4, 0.5) is 24.8 Å². The molecule has 0 amide bonds. The molecule has 2 heterocycles. The molecule has 1 radical (unpaired) electrons. The largest absolute Gasteiger partial charge is 0.464 e. The number of benzene rings is 2. The zero-order valence-corrected chi connectivity index (χ0v) is 14.0. The number of nitrogens with zero attached hydrogens (tertiary/aromatic N) is 2. The SMILES string of the molecule is [CH2]Cc1cc(F)cc(Nc2ncc(F)c(-c3ccc(F)c4ccoc34)n2)c1. The van der Waals surface area contributed by atoms with Gasteiger partial charge in [-0.05, 0) is 55.3 Å². The van der Waals surface area contributed by atoms with Crippen LogP contribution in [-0.4, -0.2) is 9.97 Å². The minimum Gasteiger partial charge on any atom is -0.464 e. The van der Waals surface area contributed by atoms with Crippen molar-refractivity contribution in [2.24, 2.45) is 0 Å². The summed E-state index contributed by atoms with van der Waals surface area (Å²) in [7, 11) is 0. The predicted molar refractivity (Wildman–Crippen MR) is 95.9 cm³/mol. The molecule has 135 valence electrons. The average molecular weight is 368 g/mol. The van der Waals surface area contributed by atoms with Gasteiger partial charge >= 0.3 is 0 Å². The smallest absolute Gasteiger partial charge is 0.227 e. The molecule has 0 saturated heterocycles. The van der Waals surface area contributed by atoms with E-state index in [1.807, 2.05) is 0 Å². The number of halogens is 3. The van der Waals surface area contributed by atoms with Gasteiger partial charge in [0.1, 0.15) is 22.9 Å². The molecular weight excluding hydrogens is 355 g/mol. The van der Waals surface area contributed by atoms with Gasteiger partial charge in [0, 0.05) is 11.3 Å². The molecule has 0 spiro atoms. The molecular formula is C20H13F3N3O. The second-order valence-electron chi connectivity index (χ2n) is 5.87. The lowest BCUT2D eigenvalue weighted by Gasteiger charge is -2.09. The van der Waals surface area contributed by atoms with Crippen LogP contribution >= 0.6 is 0 Å². The van der Waals surface area contributed by atoms with E-state index in [4.69, 9.17) is 4.42 Å². The standard InChI is InChI=1S/C20H13F3N3O/c1-2-11-7-12(21)9-13(8-11)25-20-24-10-17(23)18(26-20)15-3-4-16(22)14-5-6-27-19(14)15/h3-10H,1-2H2,(H,24,25,26). The van der Waals surface area contributed by atoms with Gasteiger partial charge in [0.05, 0.1) is 17.8 Å². The molecule has 0 fully saturated rings.